The van der Waals surface area contributed by atoms with Crippen LogP contribution in [0.2, 0.25) is 0 Å². The first-order valence-electron chi connectivity index (χ1n) is 6.65. The number of benzene rings is 2. The van der Waals surface area contributed by atoms with Crippen molar-refractivity contribution < 1.29 is 22.0 Å². The Morgan fingerprint density at radius 2 is 1.75 bits per heavy atom. The van der Waals surface area contributed by atoms with Crippen molar-refractivity contribution in [3.8, 4) is 0 Å². The van der Waals surface area contributed by atoms with E-state index in [9.17, 15) is 22.0 Å². The number of carbonyl (C=O) groups is 1. The number of nitrogens with one attached hydrogen (secondary N) is 1. The molecule has 128 valence electrons. The van der Waals surface area contributed by atoms with E-state index in [-0.39, 0.29) is 5.69 Å². The lowest BCUT2D eigenvalue weighted by atomic mass is 10.3. The molecule has 24 heavy (non-hydrogen) atoms. The van der Waals surface area contributed by atoms with Crippen molar-refractivity contribution in [3.63, 3.8) is 0 Å². The molecular weight excluding hydrogens is 406 g/mol. The molecule has 0 aromatic heterocycles. The number of hydrogen-bond acceptors (Lipinski definition) is 3. The van der Waals surface area contributed by atoms with Gasteiger partial charge in [-0.3, -0.25) is 9.10 Å². The first kappa shape index (κ1) is 18.3. The maximum absolute atomic E-state index is 13.6. The van der Waals surface area contributed by atoms with E-state index in [1.54, 1.807) is 12.1 Å². The van der Waals surface area contributed by atoms with Gasteiger partial charge in [0.15, 0.2) is 0 Å². The number of sulfonamides is 1. The van der Waals surface area contributed by atoms with Crippen molar-refractivity contribution >= 4 is 43.2 Å². The minimum Gasteiger partial charge on any atom is -0.320 e. The first-order chi connectivity index (χ1) is 11.2. The summed E-state index contributed by atoms with van der Waals surface area (Å²) in [6.07, 6.45) is 0.935. The molecule has 5 nitrogen and oxygen atoms in total. The molecule has 0 fully saturated rings. The number of nitrogens with zero attached hydrogens (tertiary/aromatic N) is 1. The third-order valence-electron chi connectivity index (χ3n) is 3.01. The molecule has 9 heteroatoms. The SMILES string of the molecule is CS(=O)(=O)N(CC(=O)Nc1c(F)cccc1F)c1cccc(Br)c1. The number of para-hydroxylation sites is 1. The largest absolute Gasteiger partial charge is 0.320 e. The Hall–Kier alpha value is -2.00. The highest BCUT2D eigenvalue weighted by atomic mass is 79.9. The van der Waals surface area contributed by atoms with Crippen molar-refractivity contribution in [2.24, 2.45) is 0 Å². The summed E-state index contributed by atoms with van der Waals surface area (Å²) in [6, 6.07) is 9.44. The molecule has 0 unspecified atom stereocenters. The quantitative estimate of drug-likeness (QED) is 0.810. The van der Waals surface area contributed by atoms with Crippen LogP contribution in [0.5, 0.6) is 0 Å². The summed E-state index contributed by atoms with van der Waals surface area (Å²) < 4.78 is 52.5. The number of hydrogen-bond donors (Lipinski definition) is 1. The molecule has 2 aromatic carbocycles. The van der Waals surface area contributed by atoms with Gasteiger partial charge in [0.25, 0.3) is 0 Å². The van der Waals surface area contributed by atoms with Crippen LogP contribution < -0.4 is 9.62 Å². The standard InChI is InChI=1S/C15H13BrF2N2O3S/c1-24(22,23)20(11-5-2-4-10(16)8-11)9-14(21)19-15-12(17)6-3-7-13(15)18/h2-8H,9H2,1H3,(H,19,21). The van der Waals surface area contributed by atoms with Crippen LogP contribution in [0, 0.1) is 11.6 Å². The molecule has 1 amide bonds. The summed E-state index contributed by atoms with van der Waals surface area (Å²) in [6.45, 7) is -0.622. The van der Waals surface area contributed by atoms with Gasteiger partial charge in [0.1, 0.15) is 23.9 Å². The van der Waals surface area contributed by atoms with Gasteiger partial charge in [0, 0.05) is 4.47 Å². The Labute approximate surface area is 146 Å². The lowest BCUT2D eigenvalue weighted by Gasteiger charge is -2.22. The molecule has 2 aromatic rings. The Bertz CT molecular complexity index is 855. The van der Waals surface area contributed by atoms with Crippen LogP contribution in [0.3, 0.4) is 0 Å². The molecule has 0 atom stereocenters. The third kappa shape index (κ3) is 4.51. The van der Waals surface area contributed by atoms with Crippen LogP contribution in [0.1, 0.15) is 0 Å². The fourth-order valence-electron chi connectivity index (χ4n) is 1.96. The fourth-order valence-corrected chi connectivity index (χ4v) is 3.19. The van der Waals surface area contributed by atoms with Crippen molar-refractivity contribution in [2.45, 2.75) is 0 Å². The molecular formula is C15H13BrF2N2O3S. The van der Waals surface area contributed by atoms with Gasteiger partial charge in [-0.1, -0.05) is 28.1 Å². The second-order valence-corrected chi connectivity index (χ2v) is 7.72. The van der Waals surface area contributed by atoms with Crippen molar-refractivity contribution in [3.05, 3.63) is 58.6 Å². The Kier molecular flexibility index (Phi) is 5.55. The van der Waals surface area contributed by atoms with E-state index in [0.717, 1.165) is 28.8 Å². The Balaban J connectivity index is 2.26. The maximum atomic E-state index is 13.6. The summed E-state index contributed by atoms with van der Waals surface area (Å²) in [4.78, 5) is 12.1. The van der Waals surface area contributed by atoms with E-state index >= 15 is 0 Å². The van der Waals surface area contributed by atoms with Gasteiger partial charge >= 0.3 is 0 Å². The summed E-state index contributed by atoms with van der Waals surface area (Å²) >= 11 is 3.22. The summed E-state index contributed by atoms with van der Waals surface area (Å²) in [5, 5.41) is 2.06. The van der Waals surface area contributed by atoms with E-state index in [0.29, 0.717) is 4.47 Å². The lowest BCUT2D eigenvalue weighted by molar-refractivity contribution is -0.114. The van der Waals surface area contributed by atoms with Crippen LogP contribution >= 0.6 is 15.9 Å². The number of amides is 1. The van der Waals surface area contributed by atoms with Crippen molar-refractivity contribution in [1.82, 2.24) is 0 Å². The van der Waals surface area contributed by atoms with Gasteiger partial charge in [-0.2, -0.15) is 0 Å². The van der Waals surface area contributed by atoms with Crippen molar-refractivity contribution in [1.29, 1.82) is 0 Å². The third-order valence-corrected chi connectivity index (χ3v) is 4.64. The monoisotopic (exact) mass is 418 g/mol. The molecule has 0 aliphatic carbocycles. The van der Waals surface area contributed by atoms with Crippen molar-refractivity contribution in [2.75, 3.05) is 22.4 Å². The predicted molar refractivity (Wildman–Crippen MR) is 91.3 cm³/mol. The summed E-state index contributed by atoms with van der Waals surface area (Å²) in [5.41, 5.74) is -0.374. The van der Waals surface area contributed by atoms with Crippen LogP contribution in [-0.2, 0) is 14.8 Å². The van der Waals surface area contributed by atoms with E-state index in [1.807, 2.05) is 0 Å². The number of anilines is 2. The van der Waals surface area contributed by atoms with Gasteiger partial charge in [-0.25, -0.2) is 17.2 Å². The highest BCUT2D eigenvalue weighted by Gasteiger charge is 2.22. The Morgan fingerprint density at radius 1 is 1.17 bits per heavy atom. The smallest absolute Gasteiger partial charge is 0.245 e. The van der Waals surface area contributed by atoms with Gasteiger partial charge in [0.2, 0.25) is 15.9 Å². The molecule has 2 rings (SSSR count). The molecule has 1 N–H and O–H groups in total. The van der Waals surface area contributed by atoms with Gasteiger partial charge in [-0.05, 0) is 30.3 Å². The maximum Gasteiger partial charge on any atom is 0.245 e. The zero-order valence-corrected chi connectivity index (χ0v) is 14.9. The molecule has 0 aliphatic rings. The minimum atomic E-state index is -3.78. The second kappa shape index (κ2) is 7.27. The summed E-state index contributed by atoms with van der Waals surface area (Å²) in [5.74, 6) is -2.77. The fraction of sp³-hybridized carbons (Fsp3) is 0.133. The molecule has 0 saturated heterocycles. The number of halogens is 3. The molecule has 0 spiro atoms. The van der Waals surface area contributed by atoms with E-state index in [2.05, 4.69) is 21.2 Å². The highest BCUT2D eigenvalue weighted by molar-refractivity contribution is 9.10. The van der Waals surface area contributed by atoms with Crippen LogP contribution in [-0.4, -0.2) is 27.1 Å². The molecule has 0 saturated carbocycles. The molecule has 0 radical (unpaired) electrons. The molecule has 0 aliphatic heterocycles. The number of rotatable bonds is 5. The molecule has 0 heterocycles. The van der Waals surface area contributed by atoms with E-state index in [4.69, 9.17) is 0 Å². The van der Waals surface area contributed by atoms with Crippen LogP contribution in [0.15, 0.2) is 46.9 Å². The number of carbonyl (C=O) groups excluding carboxylic acids is 1. The lowest BCUT2D eigenvalue weighted by Crippen LogP contribution is -2.37. The average Bonchev–Trinajstić information content (AvgIpc) is 2.47. The first-order valence-corrected chi connectivity index (χ1v) is 9.30. The van der Waals surface area contributed by atoms with Gasteiger partial charge in [-0.15, -0.1) is 0 Å². The second-order valence-electron chi connectivity index (χ2n) is 4.89. The van der Waals surface area contributed by atoms with Crippen LogP contribution in [0.4, 0.5) is 20.2 Å². The topological polar surface area (TPSA) is 66.5 Å². The van der Waals surface area contributed by atoms with E-state index in [1.165, 1.54) is 12.1 Å². The van der Waals surface area contributed by atoms with E-state index < -0.39 is 39.8 Å². The van der Waals surface area contributed by atoms with Gasteiger partial charge < -0.3 is 5.32 Å². The van der Waals surface area contributed by atoms with Crippen LogP contribution in [0.25, 0.3) is 0 Å². The normalized spacial score (nSPS) is 11.2. The zero-order chi connectivity index (χ0) is 17.9. The zero-order valence-electron chi connectivity index (χ0n) is 12.5. The predicted octanol–water partition coefficient (Wildman–Crippen LogP) is 3.13. The molecule has 0 bridgehead atoms. The highest BCUT2D eigenvalue weighted by Crippen LogP contribution is 2.23. The summed E-state index contributed by atoms with van der Waals surface area (Å²) in [7, 11) is -3.78. The van der Waals surface area contributed by atoms with Gasteiger partial charge in [0.05, 0.1) is 11.9 Å². The average molecular weight is 419 g/mol. The Morgan fingerprint density at radius 3 is 2.29 bits per heavy atom. The minimum absolute atomic E-state index is 0.246.